The molecule has 2 amide bonds. The van der Waals surface area contributed by atoms with Gasteiger partial charge in [-0.2, -0.15) is 0 Å². The van der Waals surface area contributed by atoms with E-state index in [0.717, 1.165) is 10.8 Å². The van der Waals surface area contributed by atoms with E-state index in [0.29, 0.717) is 38.0 Å². The maximum absolute atomic E-state index is 13.4. The van der Waals surface area contributed by atoms with Crippen molar-refractivity contribution in [3.8, 4) is 0 Å². The van der Waals surface area contributed by atoms with Crippen LogP contribution in [0, 0.1) is 0 Å². The number of nitrogens with zero attached hydrogens (tertiary/aromatic N) is 3. The average molecular weight is 456 g/mol. The van der Waals surface area contributed by atoms with E-state index in [4.69, 9.17) is 34.4 Å². The molecule has 2 aromatic carbocycles. The number of primary amides is 1. The van der Waals surface area contributed by atoms with Crippen molar-refractivity contribution in [2.45, 2.75) is 37.8 Å². The van der Waals surface area contributed by atoms with Gasteiger partial charge in [-0.3, -0.25) is 24.5 Å². The Balaban J connectivity index is 2.33. The molecule has 0 bridgehead atoms. The van der Waals surface area contributed by atoms with Gasteiger partial charge in [0.05, 0.1) is 6.04 Å². The molecule has 0 aromatic heterocycles. The zero-order chi connectivity index (χ0) is 24.4. The molecule has 2 atom stereocenters. The molecule has 178 valence electrons. The number of carbonyl (C=O) groups is 2. The first-order valence-electron chi connectivity index (χ1n) is 10.7. The lowest BCUT2D eigenvalue weighted by Gasteiger charge is -2.32. The van der Waals surface area contributed by atoms with Gasteiger partial charge in [-0.05, 0) is 48.6 Å². The molecule has 2 unspecified atom stereocenters. The van der Waals surface area contributed by atoms with Gasteiger partial charge in [0.15, 0.2) is 11.9 Å². The van der Waals surface area contributed by atoms with Gasteiger partial charge in [0.1, 0.15) is 6.04 Å². The van der Waals surface area contributed by atoms with Crippen molar-refractivity contribution in [1.29, 1.82) is 0 Å². The fraction of sp³-hybridized carbons (Fsp3) is 0.364. The molecule has 0 aliphatic heterocycles. The fourth-order valence-electron chi connectivity index (χ4n) is 3.50. The highest BCUT2D eigenvalue weighted by molar-refractivity contribution is 6.04. The summed E-state index contributed by atoms with van der Waals surface area (Å²) < 4.78 is 0. The molecule has 0 aliphatic carbocycles. The average Bonchev–Trinajstić information content (AvgIpc) is 2.77. The van der Waals surface area contributed by atoms with Crippen LogP contribution in [0.1, 0.15) is 25.7 Å². The third-order valence-electron chi connectivity index (χ3n) is 5.10. The van der Waals surface area contributed by atoms with E-state index < -0.39 is 23.9 Å². The highest BCUT2D eigenvalue weighted by atomic mass is 16.2. The van der Waals surface area contributed by atoms with E-state index in [2.05, 4.69) is 9.98 Å². The van der Waals surface area contributed by atoms with Crippen LogP contribution in [-0.4, -0.2) is 48.9 Å². The second-order valence-corrected chi connectivity index (χ2v) is 7.66. The van der Waals surface area contributed by atoms with Gasteiger partial charge in [-0.1, -0.05) is 30.3 Å². The molecule has 11 nitrogen and oxygen atoms in total. The van der Waals surface area contributed by atoms with Crippen molar-refractivity contribution < 1.29 is 9.59 Å². The predicted octanol–water partition coefficient (Wildman–Crippen LogP) is -0.539. The number of hydrogen-bond donors (Lipinski definition) is 6. The highest BCUT2D eigenvalue weighted by Gasteiger charge is 2.32. The summed E-state index contributed by atoms with van der Waals surface area (Å²) in [5.74, 6) is -1.13. The second kappa shape index (κ2) is 12.2. The number of hydrogen-bond acceptors (Lipinski definition) is 5. The predicted molar refractivity (Wildman–Crippen MR) is 132 cm³/mol. The molecule has 0 saturated heterocycles. The van der Waals surface area contributed by atoms with Crippen molar-refractivity contribution >= 4 is 40.2 Å². The van der Waals surface area contributed by atoms with E-state index in [1.807, 2.05) is 36.4 Å². The Kier molecular flexibility index (Phi) is 9.43. The van der Waals surface area contributed by atoms with E-state index in [1.165, 1.54) is 4.90 Å². The summed E-state index contributed by atoms with van der Waals surface area (Å²) in [6.07, 6.45) is 1.55. The van der Waals surface area contributed by atoms with E-state index in [1.54, 1.807) is 6.07 Å². The lowest BCUT2D eigenvalue weighted by molar-refractivity contribution is -0.125. The minimum Gasteiger partial charge on any atom is -0.370 e. The number of nitrogens with two attached hydrogens (primary N) is 6. The van der Waals surface area contributed by atoms with Crippen LogP contribution in [0.3, 0.4) is 0 Å². The first-order valence-corrected chi connectivity index (χ1v) is 10.7. The summed E-state index contributed by atoms with van der Waals surface area (Å²) in [5.41, 5.74) is 33.9. The molecule has 11 heteroatoms. The van der Waals surface area contributed by atoms with Gasteiger partial charge in [0.2, 0.25) is 11.8 Å². The zero-order valence-electron chi connectivity index (χ0n) is 18.6. The maximum atomic E-state index is 13.4. The van der Waals surface area contributed by atoms with Gasteiger partial charge in [0.25, 0.3) is 0 Å². The number of benzene rings is 2. The summed E-state index contributed by atoms with van der Waals surface area (Å²) in [5, 5.41) is 1.91. The third-order valence-corrected chi connectivity index (χ3v) is 5.10. The molecule has 12 N–H and O–H groups in total. The Morgan fingerprint density at radius 3 is 1.97 bits per heavy atom. The summed E-state index contributed by atoms with van der Waals surface area (Å²) >= 11 is 0. The quantitative estimate of drug-likeness (QED) is 0.139. The van der Waals surface area contributed by atoms with Crippen LogP contribution in [0.4, 0.5) is 5.69 Å². The van der Waals surface area contributed by atoms with Gasteiger partial charge in [0, 0.05) is 18.8 Å². The standard InChI is InChI=1S/C22H33N9O2/c23-17(7-3-11-29-21(25)26)20(33)31(18(19(24)32)8-4-12-30-22(27)28)16-10-9-14-5-1-2-6-15(14)13-16/h1-2,5-6,9-10,13,17-18H,3-4,7-8,11-12,23H2,(H2,24,32)(H4,25,26,29)(H4,27,28,30). The van der Waals surface area contributed by atoms with Gasteiger partial charge in [-0.15, -0.1) is 0 Å². The first-order chi connectivity index (χ1) is 15.7. The van der Waals surface area contributed by atoms with Crippen molar-refractivity contribution in [2.24, 2.45) is 44.4 Å². The Labute approximate surface area is 192 Å². The Morgan fingerprint density at radius 2 is 1.39 bits per heavy atom. The number of carbonyl (C=O) groups excluding carboxylic acids is 2. The second-order valence-electron chi connectivity index (χ2n) is 7.66. The lowest BCUT2D eigenvalue weighted by Crippen LogP contribution is -2.53. The van der Waals surface area contributed by atoms with E-state index >= 15 is 0 Å². The van der Waals surface area contributed by atoms with Crippen LogP contribution in [-0.2, 0) is 9.59 Å². The molecule has 0 spiro atoms. The Hall–Kier alpha value is -3.86. The normalized spacial score (nSPS) is 12.5. The Morgan fingerprint density at radius 1 is 0.818 bits per heavy atom. The molecule has 0 aliphatic rings. The largest absolute Gasteiger partial charge is 0.370 e. The van der Waals surface area contributed by atoms with Crippen LogP contribution in [0.25, 0.3) is 10.8 Å². The molecule has 2 rings (SSSR count). The maximum Gasteiger partial charge on any atom is 0.244 e. The molecule has 0 saturated carbocycles. The van der Waals surface area contributed by atoms with Crippen molar-refractivity contribution in [3.05, 3.63) is 42.5 Å². The topological polar surface area (TPSA) is 218 Å². The van der Waals surface area contributed by atoms with Crippen molar-refractivity contribution in [3.63, 3.8) is 0 Å². The minimum atomic E-state index is -0.920. The van der Waals surface area contributed by atoms with Gasteiger partial charge in [-0.25, -0.2) is 0 Å². The summed E-state index contributed by atoms with van der Waals surface area (Å²) in [4.78, 5) is 35.1. The molecule has 33 heavy (non-hydrogen) atoms. The summed E-state index contributed by atoms with van der Waals surface area (Å²) in [6, 6.07) is 11.4. The van der Waals surface area contributed by atoms with Crippen molar-refractivity contribution in [2.75, 3.05) is 18.0 Å². The third kappa shape index (κ3) is 7.65. The molecular formula is C22H33N9O2. The first kappa shape index (κ1) is 25.4. The van der Waals surface area contributed by atoms with E-state index in [-0.39, 0.29) is 18.3 Å². The van der Waals surface area contributed by atoms with Gasteiger partial charge >= 0.3 is 0 Å². The lowest BCUT2D eigenvalue weighted by atomic mass is 10.0. The fourth-order valence-corrected chi connectivity index (χ4v) is 3.50. The van der Waals surface area contributed by atoms with Crippen LogP contribution in [0.15, 0.2) is 52.4 Å². The number of fused-ring (bicyclic) bond motifs is 1. The highest BCUT2D eigenvalue weighted by Crippen LogP contribution is 2.26. The van der Waals surface area contributed by atoms with Gasteiger partial charge < -0.3 is 34.4 Å². The van der Waals surface area contributed by atoms with E-state index in [9.17, 15) is 9.59 Å². The number of guanidine groups is 2. The molecular weight excluding hydrogens is 422 g/mol. The molecule has 2 aromatic rings. The monoisotopic (exact) mass is 455 g/mol. The summed E-state index contributed by atoms with van der Waals surface area (Å²) in [7, 11) is 0. The van der Waals surface area contributed by atoms with Crippen LogP contribution < -0.4 is 39.3 Å². The minimum absolute atomic E-state index is 0.0257. The molecule has 0 heterocycles. The number of rotatable bonds is 12. The van der Waals surface area contributed by atoms with Crippen LogP contribution >= 0.6 is 0 Å². The number of anilines is 1. The zero-order valence-corrected chi connectivity index (χ0v) is 18.6. The SMILES string of the molecule is NC(=O)C(CCCN=C(N)N)N(C(=O)C(N)CCCN=C(N)N)c1ccc2ccccc2c1. The number of amides is 2. The van der Waals surface area contributed by atoms with Crippen LogP contribution in [0.2, 0.25) is 0 Å². The smallest absolute Gasteiger partial charge is 0.244 e. The molecule has 0 fully saturated rings. The number of aliphatic imine (C=N–C) groups is 2. The Bertz CT molecular complexity index is 1010. The molecule has 0 radical (unpaired) electrons. The summed E-state index contributed by atoms with van der Waals surface area (Å²) in [6.45, 7) is 0.646. The van der Waals surface area contributed by atoms with Crippen LogP contribution in [0.5, 0.6) is 0 Å². The van der Waals surface area contributed by atoms with Crippen molar-refractivity contribution in [1.82, 2.24) is 0 Å².